The van der Waals surface area contributed by atoms with Crippen LogP contribution in [0.15, 0.2) is 10.1 Å². The Bertz CT molecular complexity index is 160. The average molecular weight is 142 g/mol. The summed E-state index contributed by atoms with van der Waals surface area (Å²) in [5.41, 5.74) is 0. The van der Waals surface area contributed by atoms with Crippen molar-refractivity contribution in [3.05, 3.63) is 0 Å². The van der Waals surface area contributed by atoms with Gasteiger partial charge in [0, 0.05) is 14.1 Å². The second-order valence-electron chi connectivity index (χ2n) is 1.88. The number of hydrogen-bond donors (Lipinski definition) is 2. The number of aliphatic imine (C=N–C) groups is 1. The Hall–Kier alpha value is -1.30. The topological polar surface area (TPSA) is 83.2 Å². The van der Waals surface area contributed by atoms with Crippen LogP contribution in [0.25, 0.3) is 0 Å². The summed E-state index contributed by atoms with van der Waals surface area (Å²) in [6, 6.07) is 0. The van der Waals surface area contributed by atoms with Gasteiger partial charge in [0.05, 0.1) is 0 Å². The normalized spacial score (nSPS) is 25.9. The Balaban J connectivity index is 2.78. The van der Waals surface area contributed by atoms with Crippen molar-refractivity contribution in [2.45, 2.75) is 0 Å². The molecule has 1 fully saturated rings. The van der Waals surface area contributed by atoms with Crippen molar-refractivity contribution >= 4 is 11.9 Å². The quantitative estimate of drug-likeness (QED) is 0.312. The Labute approximate surface area is 58.8 Å². The summed E-state index contributed by atoms with van der Waals surface area (Å²) < 4.78 is 0. The van der Waals surface area contributed by atoms with Crippen LogP contribution in [0.3, 0.4) is 0 Å². The number of hydrazone groups is 1. The summed E-state index contributed by atoms with van der Waals surface area (Å²) in [5, 5.41) is 4.74. The van der Waals surface area contributed by atoms with E-state index in [1.807, 2.05) is 0 Å². The van der Waals surface area contributed by atoms with E-state index in [-0.39, 0.29) is 0 Å². The minimum Gasteiger partial charge on any atom is -0.320 e. The molecule has 0 spiro atoms. The van der Waals surface area contributed by atoms with Crippen LogP contribution in [-0.2, 0) is 0 Å². The maximum Gasteiger partial charge on any atom is 0.246 e. The van der Waals surface area contributed by atoms with Gasteiger partial charge in [-0.25, -0.2) is 10.9 Å². The summed E-state index contributed by atoms with van der Waals surface area (Å²) in [6.07, 6.45) is 0. The fraction of sp³-hybridized carbons (Fsp3) is 0.500. The fourth-order valence-electron chi connectivity index (χ4n) is 0.864. The zero-order valence-electron chi connectivity index (χ0n) is 5.94. The largest absolute Gasteiger partial charge is 0.320 e. The lowest BCUT2D eigenvalue weighted by molar-refractivity contribution is 0.415. The standard InChI is InChI=1S/C4H10N6/c1-7-3-9(2)4(8-5)10(3)6/h5-6H2,1-2H3/b7-3?,8-4-. The van der Waals surface area contributed by atoms with Crippen molar-refractivity contribution in [2.75, 3.05) is 14.1 Å². The van der Waals surface area contributed by atoms with E-state index < -0.39 is 0 Å². The van der Waals surface area contributed by atoms with Crippen LogP contribution in [0.4, 0.5) is 0 Å². The summed E-state index contributed by atoms with van der Waals surface area (Å²) in [7, 11) is 3.44. The summed E-state index contributed by atoms with van der Waals surface area (Å²) in [6.45, 7) is 0. The molecule has 4 N–H and O–H groups in total. The first-order valence-corrected chi connectivity index (χ1v) is 2.75. The molecule has 1 saturated heterocycles. The average Bonchev–Trinajstić information content (AvgIpc) is 1.90. The SMILES string of the molecule is CN=C1N(C)/C(=N/N)N1N. The Morgan fingerprint density at radius 2 is 2.00 bits per heavy atom. The molecule has 0 aromatic carbocycles. The van der Waals surface area contributed by atoms with Crippen molar-refractivity contribution in [1.82, 2.24) is 9.91 Å². The van der Waals surface area contributed by atoms with Crippen molar-refractivity contribution in [1.29, 1.82) is 0 Å². The minimum absolute atomic E-state index is 0.514. The molecule has 0 unspecified atom stereocenters. The zero-order valence-corrected chi connectivity index (χ0v) is 5.94. The Kier molecular flexibility index (Phi) is 1.46. The highest BCUT2D eigenvalue weighted by Crippen LogP contribution is 2.07. The van der Waals surface area contributed by atoms with Crippen LogP contribution in [0.5, 0.6) is 0 Å². The molecule has 0 aromatic rings. The molecule has 0 aliphatic carbocycles. The molecule has 6 heteroatoms. The minimum atomic E-state index is 0.514. The molecule has 0 atom stereocenters. The number of hydrazine groups is 1. The first-order chi connectivity index (χ1) is 4.72. The molecular formula is C4H10N6. The third-order valence-corrected chi connectivity index (χ3v) is 1.35. The first kappa shape index (κ1) is 6.81. The van der Waals surface area contributed by atoms with E-state index in [4.69, 9.17) is 11.7 Å². The Morgan fingerprint density at radius 3 is 2.30 bits per heavy atom. The van der Waals surface area contributed by atoms with E-state index in [9.17, 15) is 0 Å². The zero-order chi connectivity index (χ0) is 7.72. The van der Waals surface area contributed by atoms with Gasteiger partial charge in [0.1, 0.15) is 0 Å². The molecule has 0 aromatic heterocycles. The molecule has 0 radical (unpaired) electrons. The van der Waals surface area contributed by atoms with Gasteiger partial charge in [-0.05, 0) is 0 Å². The number of nitrogens with zero attached hydrogens (tertiary/aromatic N) is 4. The predicted octanol–water partition coefficient (Wildman–Crippen LogP) is -1.68. The molecule has 1 rings (SSSR count). The maximum absolute atomic E-state index is 5.43. The van der Waals surface area contributed by atoms with Gasteiger partial charge in [-0.15, -0.1) is 5.10 Å². The van der Waals surface area contributed by atoms with Gasteiger partial charge in [-0.3, -0.25) is 9.89 Å². The third kappa shape index (κ3) is 0.623. The second-order valence-corrected chi connectivity index (χ2v) is 1.88. The summed E-state index contributed by atoms with van der Waals surface area (Å²) >= 11 is 0. The highest BCUT2D eigenvalue weighted by molar-refractivity contribution is 6.15. The highest BCUT2D eigenvalue weighted by Gasteiger charge is 2.33. The molecule has 1 heterocycles. The van der Waals surface area contributed by atoms with Gasteiger partial charge in [0.25, 0.3) is 0 Å². The van der Waals surface area contributed by atoms with Crippen LogP contribution >= 0.6 is 0 Å². The van der Waals surface area contributed by atoms with Crippen molar-refractivity contribution in [3.63, 3.8) is 0 Å². The number of rotatable bonds is 0. The molecule has 0 amide bonds. The van der Waals surface area contributed by atoms with E-state index in [1.54, 1.807) is 19.0 Å². The van der Waals surface area contributed by atoms with E-state index in [0.29, 0.717) is 11.9 Å². The van der Waals surface area contributed by atoms with Crippen LogP contribution in [0.1, 0.15) is 0 Å². The lowest BCUT2D eigenvalue weighted by atomic mass is 10.5. The maximum atomic E-state index is 5.43. The number of nitrogens with two attached hydrogens (primary N) is 2. The van der Waals surface area contributed by atoms with Crippen LogP contribution in [0.2, 0.25) is 0 Å². The van der Waals surface area contributed by atoms with E-state index in [2.05, 4.69) is 10.1 Å². The summed E-state index contributed by atoms with van der Waals surface area (Å²) in [5.74, 6) is 11.6. The molecular weight excluding hydrogens is 132 g/mol. The lowest BCUT2D eigenvalue weighted by Gasteiger charge is -2.39. The molecule has 6 nitrogen and oxygen atoms in total. The summed E-state index contributed by atoms with van der Waals surface area (Å²) in [4.78, 5) is 5.56. The molecule has 1 aliphatic heterocycles. The molecule has 0 saturated carbocycles. The van der Waals surface area contributed by atoms with Crippen LogP contribution < -0.4 is 11.7 Å². The van der Waals surface area contributed by atoms with Gasteiger partial charge < -0.3 is 5.84 Å². The van der Waals surface area contributed by atoms with Crippen LogP contribution in [0, 0.1) is 0 Å². The fourth-order valence-corrected chi connectivity index (χ4v) is 0.864. The molecule has 56 valence electrons. The van der Waals surface area contributed by atoms with Crippen molar-refractivity contribution in [3.8, 4) is 0 Å². The number of guanidine groups is 2. The van der Waals surface area contributed by atoms with Gasteiger partial charge in [-0.1, -0.05) is 0 Å². The van der Waals surface area contributed by atoms with E-state index >= 15 is 0 Å². The molecule has 0 bridgehead atoms. The molecule has 1 aliphatic rings. The predicted molar refractivity (Wildman–Crippen MR) is 38.8 cm³/mol. The smallest absolute Gasteiger partial charge is 0.246 e. The van der Waals surface area contributed by atoms with Crippen LogP contribution in [-0.4, -0.2) is 35.9 Å². The molecule has 10 heavy (non-hydrogen) atoms. The monoisotopic (exact) mass is 142 g/mol. The van der Waals surface area contributed by atoms with E-state index in [0.717, 1.165) is 0 Å². The van der Waals surface area contributed by atoms with Crippen molar-refractivity contribution < 1.29 is 0 Å². The number of hydrogen-bond acceptors (Lipinski definition) is 4. The second kappa shape index (κ2) is 2.14. The van der Waals surface area contributed by atoms with E-state index in [1.165, 1.54) is 5.01 Å². The van der Waals surface area contributed by atoms with Gasteiger partial charge in [0.2, 0.25) is 11.9 Å². The Morgan fingerprint density at radius 1 is 1.40 bits per heavy atom. The first-order valence-electron chi connectivity index (χ1n) is 2.75. The van der Waals surface area contributed by atoms with Gasteiger partial charge >= 0.3 is 0 Å². The van der Waals surface area contributed by atoms with Crippen molar-refractivity contribution in [2.24, 2.45) is 21.8 Å². The highest BCUT2D eigenvalue weighted by atomic mass is 15.7. The lowest BCUT2D eigenvalue weighted by Crippen LogP contribution is -2.67. The third-order valence-electron chi connectivity index (χ3n) is 1.35. The van der Waals surface area contributed by atoms with Gasteiger partial charge in [0.15, 0.2) is 0 Å². The van der Waals surface area contributed by atoms with Gasteiger partial charge in [-0.2, -0.15) is 0 Å².